The number of hydrogen-bond acceptors (Lipinski definition) is 4. The first-order valence-corrected chi connectivity index (χ1v) is 7.10. The van der Waals surface area contributed by atoms with Crippen LogP contribution in [-0.2, 0) is 11.3 Å². The molecule has 20 heavy (non-hydrogen) atoms. The predicted octanol–water partition coefficient (Wildman–Crippen LogP) is 2.36. The van der Waals surface area contributed by atoms with E-state index < -0.39 is 0 Å². The van der Waals surface area contributed by atoms with E-state index in [0.717, 1.165) is 24.9 Å². The van der Waals surface area contributed by atoms with Gasteiger partial charge in [0.05, 0.1) is 12.7 Å². The van der Waals surface area contributed by atoms with Crippen molar-refractivity contribution in [2.75, 3.05) is 20.3 Å². The van der Waals surface area contributed by atoms with Crippen LogP contribution in [0.5, 0.6) is 0 Å². The fraction of sp³-hybridized carbons (Fsp3) is 0.562. The van der Waals surface area contributed by atoms with Gasteiger partial charge in [-0.25, -0.2) is 4.79 Å². The average Bonchev–Trinajstić information content (AvgIpc) is 2.52. The van der Waals surface area contributed by atoms with Gasteiger partial charge in [0.2, 0.25) is 0 Å². The monoisotopic (exact) mass is 279 g/mol. The van der Waals surface area contributed by atoms with Crippen LogP contribution in [-0.4, -0.2) is 31.3 Å². The third-order valence-corrected chi connectivity index (χ3v) is 4.07. The molecule has 0 heterocycles. The zero-order valence-electron chi connectivity index (χ0n) is 12.6. The lowest BCUT2D eigenvalue weighted by molar-refractivity contribution is 0.0599. The summed E-state index contributed by atoms with van der Waals surface area (Å²) in [6, 6.07) is 7.41. The highest BCUT2D eigenvalue weighted by molar-refractivity contribution is 5.90. The van der Waals surface area contributed by atoms with E-state index in [4.69, 9.17) is 4.74 Å². The maximum atomic E-state index is 11.7. The Labute approximate surface area is 121 Å². The molecule has 0 aromatic heterocycles. The second-order valence-electron chi connectivity index (χ2n) is 5.12. The Morgan fingerprint density at radius 3 is 2.50 bits per heavy atom. The topological polar surface area (TPSA) is 58.6 Å². The molecule has 4 nitrogen and oxygen atoms in total. The largest absolute Gasteiger partial charge is 0.465 e. The van der Waals surface area contributed by atoms with Crippen molar-refractivity contribution in [1.82, 2.24) is 5.32 Å². The lowest BCUT2D eigenvalue weighted by Crippen LogP contribution is -2.36. The number of hydrogen-bond donors (Lipinski definition) is 2. The van der Waals surface area contributed by atoms with E-state index in [-0.39, 0.29) is 18.0 Å². The van der Waals surface area contributed by atoms with Crippen LogP contribution < -0.4 is 5.32 Å². The van der Waals surface area contributed by atoms with E-state index in [1.165, 1.54) is 7.11 Å². The molecule has 0 radical (unpaired) electrons. The molecule has 0 saturated heterocycles. The van der Waals surface area contributed by atoms with Crippen LogP contribution in [0.25, 0.3) is 0 Å². The van der Waals surface area contributed by atoms with Crippen molar-refractivity contribution in [2.45, 2.75) is 33.2 Å². The number of benzene rings is 1. The fourth-order valence-electron chi connectivity index (χ4n) is 2.23. The summed E-state index contributed by atoms with van der Waals surface area (Å²) in [5.74, 6) is -0.318. The Kier molecular flexibility index (Phi) is 6.68. The second kappa shape index (κ2) is 8.02. The molecule has 0 amide bonds. The van der Waals surface area contributed by atoms with Crippen LogP contribution in [0.3, 0.4) is 0 Å². The van der Waals surface area contributed by atoms with Crippen molar-refractivity contribution in [3.8, 4) is 0 Å². The molecule has 0 bridgehead atoms. The maximum absolute atomic E-state index is 11.7. The summed E-state index contributed by atoms with van der Waals surface area (Å²) in [6.07, 6.45) is 1.84. The molecule has 1 aromatic rings. The normalized spacial score (nSPS) is 11.4. The molecule has 2 N–H and O–H groups in total. The Morgan fingerprint density at radius 1 is 1.30 bits per heavy atom. The van der Waals surface area contributed by atoms with E-state index in [0.29, 0.717) is 12.1 Å². The zero-order valence-corrected chi connectivity index (χ0v) is 12.6. The quantitative estimate of drug-likeness (QED) is 0.717. The molecule has 0 aliphatic heterocycles. The van der Waals surface area contributed by atoms with Crippen molar-refractivity contribution in [3.63, 3.8) is 0 Å². The van der Waals surface area contributed by atoms with Gasteiger partial charge in [0.25, 0.3) is 0 Å². The van der Waals surface area contributed by atoms with Crippen molar-refractivity contribution >= 4 is 5.97 Å². The van der Waals surface area contributed by atoms with Crippen molar-refractivity contribution in [2.24, 2.45) is 5.41 Å². The molecule has 0 saturated carbocycles. The first kappa shape index (κ1) is 16.7. The van der Waals surface area contributed by atoms with Gasteiger partial charge in [-0.3, -0.25) is 0 Å². The van der Waals surface area contributed by atoms with E-state index in [1.54, 1.807) is 6.07 Å². The number of aliphatic hydroxyl groups excluding tert-OH is 1. The number of carbonyl (C=O) groups is 1. The lowest BCUT2D eigenvalue weighted by Gasteiger charge is -2.29. The Morgan fingerprint density at radius 2 is 1.95 bits per heavy atom. The van der Waals surface area contributed by atoms with Gasteiger partial charge in [-0.1, -0.05) is 32.0 Å². The molecule has 4 heteroatoms. The number of rotatable bonds is 8. The molecule has 1 rings (SSSR count). The van der Waals surface area contributed by atoms with Crippen LogP contribution in [0.1, 0.15) is 42.6 Å². The van der Waals surface area contributed by atoms with Crippen molar-refractivity contribution in [1.29, 1.82) is 0 Å². The van der Waals surface area contributed by atoms with E-state index in [1.807, 2.05) is 18.2 Å². The molecular formula is C16H25NO3. The van der Waals surface area contributed by atoms with Gasteiger partial charge in [0.1, 0.15) is 0 Å². The highest BCUT2D eigenvalue weighted by Crippen LogP contribution is 2.24. The summed E-state index contributed by atoms with van der Waals surface area (Å²) in [5.41, 5.74) is 1.42. The number of carbonyl (C=O) groups excluding carboxylic acids is 1. The maximum Gasteiger partial charge on any atom is 0.338 e. The molecule has 0 aliphatic rings. The van der Waals surface area contributed by atoms with Crippen LogP contribution >= 0.6 is 0 Å². The van der Waals surface area contributed by atoms with Gasteiger partial charge in [-0.2, -0.15) is 0 Å². The number of methoxy groups -OCH3 is 1. The van der Waals surface area contributed by atoms with E-state index in [2.05, 4.69) is 19.2 Å². The standard InChI is InChI=1S/C16H25NO3/c1-4-16(5-2,12-18)11-17-10-13-8-6-7-9-14(13)15(19)20-3/h6-9,17-18H,4-5,10-12H2,1-3H3. The number of ether oxygens (including phenoxy) is 1. The summed E-state index contributed by atoms with van der Waals surface area (Å²) in [4.78, 5) is 11.7. The molecule has 0 atom stereocenters. The Bertz CT molecular complexity index is 419. The summed E-state index contributed by atoms with van der Waals surface area (Å²) in [7, 11) is 1.39. The van der Waals surface area contributed by atoms with Crippen molar-refractivity contribution < 1.29 is 14.6 Å². The molecular weight excluding hydrogens is 254 g/mol. The minimum atomic E-state index is -0.318. The second-order valence-corrected chi connectivity index (χ2v) is 5.12. The smallest absolute Gasteiger partial charge is 0.338 e. The SMILES string of the molecule is CCC(CC)(CO)CNCc1ccccc1C(=O)OC. The molecule has 1 aromatic carbocycles. The van der Waals surface area contributed by atoms with Crippen LogP contribution in [0.4, 0.5) is 0 Å². The van der Waals surface area contributed by atoms with Gasteiger partial charge in [0, 0.05) is 25.1 Å². The summed E-state index contributed by atoms with van der Waals surface area (Å²) < 4.78 is 4.78. The first-order valence-electron chi connectivity index (χ1n) is 7.10. The van der Waals surface area contributed by atoms with Crippen LogP contribution in [0, 0.1) is 5.41 Å². The lowest BCUT2D eigenvalue weighted by atomic mass is 9.83. The molecule has 0 fully saturated rings. The number of aliphatic hydroxyl groups is 1. The highest BCUT2D eigenvalue weighted by Gasteiger charge is 2.24. The first-order chi connectivity index (χ1) is 9.62. The van der Waals surface area contributed by atoms with Gasteiger partial charge < -0.3 is 15.2 Å². The minimum Gasteiger partial charge on any atom is -0.465 e. The highest BCUT2D eigenvalue weighted by atomic mass is 16.5. The van der Waals surface area contributed by atoms with Crippen LogP contribution in [0.15, 0.2) is 24.3 Å². The third kappa shape index (κ3) is 4.05. The summed E-state index contributed by atoms with van der Waals surface area (Å²) in [5, 5.41) is 12.9. The number of esters is 1. The van der Waals surface area contributed by atoms with E-state index in [9.17, 15) is 9.90 Å². The van der Waals surface area contributed by atoms with Gasteiger partial charge in [0.15, 0.2) is 0 Å². The molecule has 0 aliphatic carbocycles. The van der Waals surface area contributed by atoms with Gasteiger partial charge >= 0.3 is 5.97 Å². The molecule has 0 unspecified atom stereocenters. The van der Waals surface area contributed by atoms with Crippen LogP contribution in [0.2, 0.25) is 0 Å². The Hall–Kier alpha value is -1.39. The average molecular weight is 279 g/mol. The fourth-order valence-corrected chi connectivity index (χ4v) is 2.23. The molecule has 0 spiro atoms. The number of nitrogens with one attached hydrogen (secondary N) is 1. The van der Waals surface area contributed by atoms with Gasteiger partial charge in [-0.05, 0) is 24.5 Å². The van der Waals surface area contributed by atoms with Gasteiger partial charge in [-0.15, -0.1) is 0 Å². The van der Waals surface area contributed by atoms with Crippen molar-refractivity contribution in [3.05, 3.63) is 35.4 Å². The molecule has 112 valence electrons. The third-order valence-electron chi connectivity index (χ3n) is 4.07. The van der Waals surface area contributed by atoms with E-state index >= 15 is 0 Å². The minimum absolute atomic E-state index is 0.0831. The predicted molar refractivity (Wildman–Crippen MR) is 79.6 cm³/mol. The summed E-state index contributed by atoms with van der Waals surface area (Å²) in [6.45, 7) is 5.66. The summed E-state index contributed by atoms with van der Waals surface area (Å²) >= 11 is 0. The zero-order chi connectivity index (χ0) is 15.0. The Balaban J connectivity index is 2.69.